The molecule has 0 bridgehead atoms. The van der Waals surface area contributed by atoms with E-state index in [1.807, 2.05) is 31.2 Å². The van der Waals surface area contributed by atoms with Gasteiger partial charge in [-0.3, -0.25) is 0 Å². The molecule has 3 nitrogen and oxygen atoms in total. The molecule has 0 radical (unpaired) electrons. The molecule has 0 spiro atoms. The minimum absolute atomic E-state index is 0.232. The van der Waals surface area contributed by atoms with Crippen molar-refractivity contribution in [2.75, 3.05) is 19.0 Å². The molecule has 1 rings (SSSR count). The summed E-state index contributed by atoms with van der Waals surface area (Å²) in [6, 6.07) is 7.99. The van der Waals surface area contributed by atoms with E-state index in [1.54, 1.807) is 0 Å². The van der Waals surface area contributed by atoms with Crippen LogP contribution in [0.15, 0.2) is 24.3 Å². The Morgan fingerprint density at radius 3 is 2.26 bits per heavy atom. The Balaban J connectivity index is 2.09. The molecule has 1 atom stereocenters. The largest absolute Gasteiger partial charge is 0.494 e. The zero-order valence-electron chi connectivity index (χ0n) is 11.7. The van der Waals surface area contributed by atoms with Crippen LogP contribution < -0.4 is 15.2 Å². The number of hydrogen-bond donors (Lipinski definition) is 2. The minimum atomic E-state index is 0.232. The van der Waals surface area contributed by atoms with Crippen molar-refractivity contribution in [3.05, 3.63) is 24.3 Å². The first-order valence-electron chi connectivity index (χ1n) is 6.98. The van der Waals surface area contributed by atoms with E-state index in [0.717, 1.165) is 49.5 Å². The third-order valence-corrected chi connectivity index (χ3v) is 3.33. The van der Waals surface area contributed by atoms with Gasteiger partial charge in [0.1, 0.15) is 11.5 Å². The van der Waals surface area contributed by atoms with E-state index in [4.69, 9.17) is 15.2 Å². The maximum Gasteiger partial charge on any atom is 0.119 e. The quantitative estimate of drug-likeness (QED) is 0.511. The minimum Gasteiger partial charge on any atom is -0.494 e. The molecular weight excluding hydrogens is 258 g/mol. The molecule has 0 fully saturated rings. The first-order valence-corrected chi connectivity index (χ1v) is 7.61. The van der Waals surface area contributed by atoms with Crippen molar-refractivity contribution in [3.8, 4) is 11.5 Å². The Morgan fingerprint density at radius 1 is 1.05 bits per heavy atom. The molecule has 0 aliphatic heterocycles. The van der Waals surface area contributed by atoms with Crippen molar-refractivity contribution in [2.24, 2.45) is 5.73 Å². The second-order valence-corrected chi connectivity index (χ2v) is 4.91. The van der Waals surface area contributed by atoms with Crippen LogP contribution in [0.5, 0.6) is 11.5 Å². The standard InChI is InChI=1S/C15H25NO2S/c1-2-17-14-7-9-15(10-8-14)18-11-5-3-4-6-13(16)12-19/h7-10,13,19H,2-6,11-12,16H2,1H3. The van der Waals surface area contributed by atoms with Crippen LogP contribution in [-0.4, -0.2) is 25.0 Å². The summed E-state index contributed by atoms with van der Waals surface area (Å²) in [5.74, 6) is 2.55. The first-order chi connectivity index (χ1) is 9.26. The molecule has 0 heterocycles. The third kappa shape index (κ3) is 7.33. The molecule has 1 aromatic carbocycles. The molecule has 0 saturated heterocycles. The fourth-order valence-electron chi connectivity index (χ4n) is 1.77. The van der Waals surface area contributed by atoms with E-state index >= 15 is 0 Å². The van der Waals surface area contributed by atoms with Gasteiger partial charge < -0.3 is 15.2 Å². The van der Waals surface area contributed by atoms with Gasteiger partial charge in [0.05, 0.1) is 13.2 Å². The number of unbranched alkanes of at least 4 members (excludes halogenated alkanes) is 2. The van der Waals surface area contributed by atoms with Gasteiger partial charge in [0.25, 0.3) is 0 Å². The van der Waals surface area contributed by atoms with E-state index < -0.39 is 0 Å². The van der Waals surface area contributed by atoms with Gasteiger partial charge in [0, 0.05) is 11.8 Å². The highest BCUT2D eigenvalue weighted by molar-refractivity contribution is 7.80. The van der Waals surface area contributed by atoms with Crippen LogP contribution in [0.25, 0.3) is 0 Å². The Kier molecular flexibility index (Phi) is 8.50. The average Bonchev–Trinajstić information content (AvgIpc) is 2.44. The van der Waals surface area contributed by atoms with Crippen molar-refractivity contribution in [1.29, 1.82) is 0 Å². The fourth-order valence-corrected chi connectivity index (χ4v) is 1.95. The van der Waals surface area contributed by atoms with Crippen molar-refractivity contribution >= 4 is 12.6 Å². The number of ether oxygens (including phenoxy) is 2. The molecule has 0 amide bonds. The molecule has 108 valence electrons. The summed E-state index contributed by atoms with van der Waals surface area (Å²) in [7, 11) is 0. The predicted octanol–water partition coefficient (Wildman–Crippen LogP) is 3.28. The lowest BCUT2D eigenvalue weighted by atomic mass is 10.1. The molecular formula is C15H25NO2S. The Hall–Kier alpha value is -0.870. The smallest absolute Gasteiger partial charge is 0.119 e. The lowest BCUT2D eigenvalue weighted by Crippen LogP contribution is -2.21. The molecule has 1 unspecified atom stereocenters. The average molecular weight is 283 g/mol. The molecule has 0 aliphatic rings. The molecule has 1 aromatic rings. The number of rotatable bonds is 10. The van der Waals surface area contributed by atoms with Crippen LogP contribution in [0.1, 0.15) is 32.6 Å². The van der Waals surface area contributed by atoms with Crippen molar-refractivity contribution in [2.45, 2.75) is 38.6 Å². The maximum atomic E-state index is 5.80. The van der Waals surface area contributed by atoms with Crippen molar-refractivity contribution < 1.29 is 9.47 Å². The highest BCUT2D eigenvalue weighted by Gasteiger charge is 1.99. The van der Waals surface area contributed by atoms with Crippen LogP contribution in [0, 0.1) is 0 Å². The summed E-state index contributed by atoms with van der Waals surface area (Å²) in [6.07, 6.45) is 4.41. The van der Waals surface area contributed by atoms with Gasteiger partial charge >= 0.3 is 0 Å². The zero-order valence-corrected chi connectivity index (χ0v) is 12.6. The highest BCUT2D eigenvalue weighted by Crippen LogP contribution is 2.17. The van der Waals surface area contributed by atoms with E-state index in [2.05, 4.69) is 12.6 Å². The second kappa shape index (κ2) is 9.98. The summed E-state index contributed by atoms with van der Waals surface area (Å²) in [5.41, 5.74) is 5.80. The van der Waals surface area contributed by atoms with E-state index in [0.29, 0.717) is 6.61 Å². The molecule has 0 aliphatic carbocycles. The topological polar surface area (TPSA) is 44.5 Å². The monoisotopic (exact) mass is 283 g/mol. The van der Waals surface area contributed by atoms with Gasteiger partial charge in [-0.1, -0.05) is 12.8 Å². The van der Waals surface area contributed by atoms with Crippen LogP contribution in [0.3, 0.4) is 0 Å². The van der Waals surface area contributed by atoms with E-state index in [9.17, 15) is 0 Å². The second-order valence-electron chi connectivity index (χ2n) is 4.54. The van der Waals surface area contributed by atoms with Crippen LogP contribution in [0.2, 0.25) is 0 Å². The summed E-state index contributed by atoms with van der Waals surface area (Å²) in [5, 5.41) is 0. The number of nitrogens with two attached hydrogens (primary N) is 1. The highest BCUT2D eigenvalue weighted by atomic mass is 32.1. The van der Waals surface area contributed by atoms with Crippen LogP contribution >= 0.6 is 12.6 Å². The van der Waals surface area contributed by atoms with Gasteiger partial charge in [-0.15, -0.1) is 0 Å². The van der Waals surface area contributed by atoms with Crippen molar-refractivity contribution in [3.63, 3.8) is 0 Å². The Bertz CT molecular complexity index is 329. The number of thiol groups is 1. The van der Waals surface area contributed by atoms with E-state index in [-0.39, 0.29) is 6.04 Å². The molecule has 0 aromatic heterocycles. The van der Waals surface area contributed by atoms with Gasteiger partial charge in [-0.2, -0.15) is 12.6 Å². The van der Waals surface area contributed by atoms with Crippen LogP contribution in [-0.2, 0) is 0 Å². The molecule has 4 heteroatoms. The number of benzene rings is 1. The first kappa shape index (κ1) is 16.2. The maximum absolute atomic E-state index is 5.80. The summed E-state index contributed by atoms with van der Waals surface area (Å²) < 4.78 is 11.0. The SMILES string of the molecule is CCOc1ccc(OCCCCCC(N)CS)cc1. The van der Waals surface area contributed by atoms with Gasteiger partial charge in [-0.05, 0) is 44.0 Å². The van der Waals surface area contributed by atoms with Gasteiger partial charge in [0.15, 0.2) is 0 Å². The Labute approximate surface area is 121 Å². The zero-order chi connectivity index (χ0) is 13.9. The lowest BCUT2D eigenvalue weighted by Gasteiger charge is -2.09. The normalized spacial score (nSPS) is 12.2. The molecule has 0 saturated carbocycles. The predicted molar refractivity (Wildman–Crippen MR) is 83.4 cm³/mol. The summed E-state index contributed by atoms with van der Waals surface area (Å²) in [4.78, 5) is 0. The third-order valence-electron chi connectivity index (χ3n) is 2.86. The van der Waals surface area contributed by atoms with Crippen LogP contribution in [0.4, 0.5) is 0 Å². The van der Waals surface area contributed by atoms with Gasteiger partial charge in [-0.25, -0.2) is 0 Å². The number of hydrogen-bond acceptors (Lipinski definition) is 4. The van der Waals surface area contributed by atoms with Crippen molar-refractivity contribution in [1.82, 2.24) is 0 Å². The summed E-state index contributed by atoms with van der Waals surface area (Å²) >= 11 is 4.17. The lowest BCUT2D eigenvalue weighted by molar-refractivity contribution is 0.302. The summed E-state index contributed by atoms with van der Waals surface area (Å²) in [6.45, 7) is 3.42. The van der Waals surface area contributed by atoms with Gasteiger partial charge in [0.2, 0.25) is 0 Å². The van der Waals surface area contributed by atoms with E-state index in [1.165, 1.54) is 0 Å². The molecule has 19 heavy (non-hydrogen) atoms. The molecule has 2 N–H and O–H groups in total. The fraction of sp³-hybridized carbons (Fsp3) is 0.600. The Morgan fingerprint density at radius 2 is 1.68 bits per heavy atom.